The second-order valence-corrected chi connectivity index (χ2v) is 5.32. The van der Waals surface area contributed by atoms with Crippen LogP contribution in [0.3, 0.4) is 0 Å². The van der Waals surface area contributed by atoms with Crippen LogP contribution in [0.5, 0.6) is 0 Å². The second kappa shape index (κ2) is 3.93. The van der Waals surface area contributed by atoms with E-state index in [4.69, 9.17) is 5.73 Å². The Morgan fingerprint density at radius 3 is 2.29 bits per heavy atom. The van der Waals surface area contributed by atoms with E-state index in [2.05, 4.69) is 13.1 Å². The van der Waals surface area contributed by atoms with Gasteiger partial charge in [0.25, 0.3) is 0 Å². The van der Waals surface area contributed by atoms with Crippen LogP contribution in [0.25, 0.3) is 0 Å². The Labute approximate surface area is 46.8 Å². The first-order valence-electron chi connectivity index (χ1n) is 2.64. The van der Waals surface area contributed by atoms with Gasteiger partial charge >= 0.3 is 0 Å². The first-order valence-corrected chi connectivity index (χ1v) is 5.76. The van der Waals surface area contributed by atoms with Crippen LogP contribution in [0, 0.1) is 0 Å². The van der Waals surface area contributed by atoms with Gasteiger partial charge in [0, 0.05) is 8.80 Å². The molecule has 0 radical (unpaired) electrons. The maximum Gasteiger partial charge on any atom is 0.0345 e. The summed E-state index contributed by atoms with van der Waals surface area (Å²) >= 11 is 0. The summed E-state index contributed by atoms with van der Waals surface area (Å²) < 4.78 is 0. The van der Waals surface area contributed by atoms with Gasteiger partial charge < -0.3 is 5.73 Å². The van der Waals surface area contributed by atoms with Crippen molar-refractivity contribution in [1.29, 1.82) is 0 Å². The zero-order chi connectivity index (χ0) is 5.70. The van der Waals surface area contributed by atoms with Gasteiger partial charge in [-0.2, -0.15) is 0 Å². The minimum atomic E-state index is -0.355. The minimum absolute atomic E-state index is 0.355. The van der Waals surface area contributed by atoms with Crippen molar-refractivity contribution in [2.45, 2.75) is 19.1 Å². The smallest absolute Gasteiger partial charge is 0.0345 e. The molecule has 0 saturated heterocycles. The normalized spacial score (nSPS) is 11.3. The molecule has 0 aliphatic carbocycles. The van der Waals surface area contributed by atoms with Crippen LogP contribution in [0.4, 0.5) is 0 Å². The zero-order valence-corrected chi connectivity index (χ0v) is 6.17. The fraction of sp³-hybridized carbons (Fsp3) is 0.600. The third-order valence-corrected chi connectivity index (χ3v) is 1.96. The molecule has 1 nitrogen and oxygen atoms in total. The van der Waals surface area contributed by atoms with Crippen molar-refractivity contribution in [3.8, 4) is 0 Å². The van der Waals surface area contributed by atoms with E-state index < -0.39 is 0 Å². The van der Waals surface area contributed by atoms with Crippen molar-refractivity contribution in [1.82, 2.24) is 0 Å². The number of nitrogens with two attached hydrogens (primary N) is 1. The summed E-state index contributed by atoms with van der Waals surface area (Å²) in [7, 11) is -0.355. The Bertz CT molecular complexity index is 59.1. The number of rotatable bonds is 2. The Morgan fingerprint density at radius 2 is 2.14 bits per heavy atom. The quantitative estimate of drug-likeness (QED) is 0.533. The molecule has 0 aliphatic rings. The molecule has 0 amide bonds. The Hall–Kier alpha value is -0.243. The SMILES string of the molecule is C[SiH](C)CC=CN. The van der Waals surface area contributed by atoms with Crippen molar-refractivity contribution >= 4 is 8.80 Å². The Balaban J connectivity index is 2.97. The van der Waals surface area contributed by atoms with Crippen molar-refractivity contribution in [2.75, 3.05) is 0 Å². The molecule has 7 heavy (non-hydrogen) atoms. The number of hydrogen-bond donors (Lipinski definition) is 1. The molecule has 0 rings (SSSR count). The minimum Gasteiger partial charge on any atom is -0.405 e. The van der Waals surface area contributed by atoms with Gasteiger partial charge in [-0.15, -0.1) is 0 Å². The highest BCUT2D eigenvalue weighted by molar-refractivity contribution is 6.56. The summed E-state index contributed by atoms with van der Waals surface area (Å²) in [5.74, 6) is 0. The summed E-state index contributed by atoms with van der Waals surface area (Å²) in [6.45, 7) is 4.61. The molecule has 42 valence electrons. The van der Waals surface area contributed by atoms with Crippen molar-refractivity contribution in [3.05, 3.63) is 12.3 Å². The molecule has 0 aromatic rings. The predicted molar refractivity (Wildman–Crippen MR) is 37.0 cm³/mol. The highest BCUT2D eigenvalue weighted by Gasteiger charge is 1.86. The average Bonchev–Trinajstić information content (AvgIpc) is 1.61. The molecule has 2 N–H and O–H groups in total. The molecule has 0 aliphatic heterocycles. The number of hydrogen-bond acceptors (Lipinski definition) is 1. The van der Waals surface area contributed by atoms with Crippen LogP contribution < -0.4 is 5.73 Å². The fourth-order valence-corrected chi connectivity index (χ4v) is 1.05. The molecule has 0 unspecified atom stereocenters. The lowest BCUT2D eigenvalue weighted by Gasteiger charge is -1.91. The first-order chi connectivity index (χ1) is 3.27. The molecule has 0 spiro atoms. The van der Waals surface area contributed by atoms with Gasteiger partial charge in [0.05, 0.1) is 0 Å². The van der Waals surface area contributed by atoms with Crippen LogP contribution >= 0.6 is 0 Å². The van der Waals surface area contributed by atoms with E-state index in [9.17, 15) is 0 Å². The molecule has 0 atom stereocenters. The van der Waals surface area contributed by atoms with Crippen molar-refractivity contribution < 1.29 is 0 Å². The van der Waals surface area contributed by atoms with Crippen LogP contribution in [0.1, 0.15) is 0 Å². The summed E-state index contributed by atoms with van der Waals surface area (Å²) in [5.41, 5.74) is 5.12. The highest BCUT2D eigenvalue weighted by atomic mass is 28.3. The van der Waals surface area contributed by atoms with Gasteiger partial charge in [-0.1, -0.05) is 19.2 Å². The third kappa shape index (κ3) is 5.76. The lowest BCUT2D eigenvalue weighted by atomic mass is 10.7. The topological polar surface area (TPSA) is 26.0 Å². The molecule has 0 aromatic carbocycles. The van der Waals surface area contributed by atoms with E-state index in [1.54, 1.807) is 6.20 Å². The Kier molecular flexibility index (Phi) is 3.79. The van der Waals surface area contributed by atoms with Gasteiger partial charge in [-0.25, -0.2) is 0 Å². The van der Waals surface area contributed by atoms with E-state index >= 15 is 0 Å². The van der Waals surface area contributed by atoms with E-state index in [1.807, 2.05) is 6.08 Å². The van der Waals surface area contributed by atoms with Crippen LogP contribution in [-0.4, -0.2) is 8.80 Å². The molecule has 0 aromatic heterocycles. The molecular weight excluding hydrogens is 102 g/mol. The van der Waals surface area contributed by atoms with E-state index in [0.717, 1.165) is 0 Å². The lowest BCUT2D eigenvalue weighted by molar-refractivity contribution is 1.51. The zero-order valence-electron chi connectivity index (χ0n) is 5.02. The summed E-state index contributed by atoms with van der Waals surface area (Å²) in [6.07, 6.45) is 3.67. The molecule has 0 bridgehead atoms. The van der Waals surface area contributed by atoms with Gasteiger partial charge in [0.15, 0.2) is 0 Å². The maximum absolute atomic E-state index is 5.12. The fourth-order valence-electron chi connectivity index (χ4n) is 0.351. The molecule has 0 fully saturated rings. The lowest BCUT2D eigenvalue weighted by Crippen LogP contribution is -1.95. The summed E-state index contributed by atoms with van der Waals surface area (Å²) in [6, 6.07) is 1.23. The summed E-state index contributed by atoms with van der Waals surface area (Å²) in [4.78, 5) is 0. The van der Waals surface area contributed by atoms with Gasteiger partial charge in [-0.05, 0) is 12.2 Å². The van der Waals surface area contributed by atoms with E-state index in [-0.39, 0.29) is 8.80 Å². The highest BCUT2D eigenvalue weighted by Crippen LogP contribution is 1.89. The molecule has 0 heterocycles. The Morgan fingerprint density at radius 1 is 1.57 bits per heavy atom. The van der Waals surface area contributed by atoms with Gasteiger partial charge in [0.1, 0.15) is 0 Å². The van der Waals surface area contributed by atoms with Crippen molar-refractivity contribution in [2.24, 2.45) is 5.73 Å². The molecule has 2 heteroatoms. The first kappa shape index (κ1) is 6.76. The predicted octanol–water partition coefficient (Wildman–Crippen LogP) is 0.946. The van der Waals surface area contributed by atoms with Crippen LogP contribution in [0.15, 0.2) is 12.3 Å². The second-order valence-electron chi connectivity index (χ2n) is 2.06. The number of allylic oxidation sites excluding steroid dienone is 1. The standard InChI is InChI=1S/C5H13NSi/c1-7(2)5-3-4-6/h3-4,7H,5-6H2,1-2H3. The van der Waals surface area contributed by atoms with Crippen LogP contribution in [-0.2, 0) is 0 Å². The van der Waals surface area contributed by atoms with E-state index in [0.29, 0.717) is 0 Å². The van der Waals surface area contributed by atoms with Gasteiger partial charge in [0.2, 0.25) is 0 Å². The van der Waals surface area contributed by atoms with Gasteiger partial charge in [-0.3, -0.25) is 0 Å². The largest absolute Gasteiger partial charge is 0.405 e. The maximum atomic E-state index is 5.12. The summed E-state index contributed by atoms with van der Waals surface area (Å²) in [5, 5.41) is 0. The third-order valence-electron chi connectivity index (χ3n) is 0.744. The van der Waals surface area contributed by atoms with Crippen molar-refractivity contribution in [3.63, 3.8) is 0 Å². The average molecular weight is 115 g/mol. The molecular formula is C5H13NSi. The molecule has 0 saturated carbocycles. The monoisotopic (exact) mass is 115 g/mol. The van der Waals surface area contributed by atoms with Crippen LogP contribution in [0.2, 0.25) is 19.1 Å². The van der Waals surface area contributed by atoms with E-state index in [1.165, 1.54) is 6.04 Å².